The number of rotatable bonds is 8. The monoisotopic (exact) mass is 423 g/mol. The van der Waals surface area contributed by atoms with Crippen molar-refractivity contribution in [1.29, 1.82) is 0 Å². The third-order valence-corrected chi connectivity index (χ3v) is 6.30. The number of hydrogen-bond acceptors (Lipinski definition) is 6. The minimum absolute atomic E-state index is 0.621. The van der Waals surface area contributed by atoms with Crippen LogP contribution in [0, 0.1) is 0 Å². The lowest BCUT2D eigenvalue weighted by atomic mass is 10.2. The van der Waals surface area contributed by atoms with Crippen molar-refractivity contribution >= 4 is 11.3 Å². The summed E-state index contributed by atoms with van der Waals surface area (Å²) < 4.78 is 11.1. The van der Waals surface area contributed by atoms with Gasteiger partial charge in [0.2, 0.25) is 0 Å². The third-order valence-electron chi connectivity index (χ3n) is 5.36. The molecule has 0 N–H and O–H groups in total. The molecule has 6 heteroatoms. The van der Waals surface area contributed by atoms with Crippen LogP contribution in [0.25, 0.3) is 10.6 Å². The van der Waals surface area contributed by atoms with Crippen LogP contribution < -0.4 is 9.47 Å². The van der Waals surface area contributed by atoms with Gasteiger partial charge in [0.05, 0.1) is 19.4 Å². The molecule has 0 spiro atoms. The largest absolute Gasteiger partial charge is 0.493 e. The summed E-state index contributed by atoms with van der Waals surface area (Å²) >= 11 is 1.69. The summed E-state index contributed by atoms with van der Waals surface area (Å²) in [4.78, 5) is 9.91. The maximum atomic E-state index is 5.62. The van der Waals surface area contributed by atoms with Crippen LogP contribution in [-0.4, -0.2) is 54.7 Å². The number of nitrogens with zero attached hydrogens (tertiary/aromatic N) is 3. The molecule has 0 aliphatic carbocycles. The Labute approximate surface area is 182 Å². The second-order valence-electron chi connectivity index (χ2n) is 7.48. The molecule has 3 aromatic rings. The minimum Gasteiger partial charge on any atom is -0.493 e. The quantitative estimate of drug-likeness (QED) is 0.532. The van der Waals surface area contributed by atoms with Gasteiger partial charge in [0, 0.05) is 50.2 Å². The summed E-state index contributed by atoms with van der Waals surface area (Å²) in [5.41, 5.74) is 3.60. The highest BCUT2D eigenvalue weighted by Gasteiger charge is 2.18. The molecule has 0 saturated carbocycles. The molecule has 158 valence electrons. The first-order chi connectivity index (χ1) is 14.7. The van der Waals surface area contributed by atoms with Gasteiger partial charge in [-0.2, -0.15) is 0 Å². The van der Waals surface area contributed by atoms with Crippen LogP contribution in [0.2, 0.25) is 0 Å². The lowest BCUT2D eigenvalue weighted by molar-refractivity contribution is 0.121. The van der Waals surface area contributed by atoms with Crippen LogP contribution in [0.3, 0.4) is 0 Å². The van der Waals surface area contributed by atoms with Crippen molar-refractivity contribution in [2.75, 3.05) is 39.9 Å². The van der Waals surface area contributed by atoms with Gasteiger partial charge in [-0.25, -0.2) is 4.98 Å². The van der Waals surface area contributed by atoms with E-state index in [0.29, 0.717) is 6.61 Å². The number of piperazine rings is 1. The van der Waals surface area contributed by atoms with Crippen molar-refractivity contribution in [3.05, 3.63) is 65.2 Å². The number of benzene rings is 2. The molecule has 2 aromatic carbocycles. The molecule has 0 amide bonds. The molecule has 4 rings (SSSR count). The topological polar surface area (TPSA) is 37.8 Å². The standard InChI is InChI=1S/C24H29N3O2S/c1-3-29-22-10-9-20(15-23(22)28-2)24-25-21(18-30-24)17-27-13-11-26(12-14-27)16-19-7-5-4-6-8-19/h4-10,15,18H,3,11-14,16-17H2,1-2H3. The van der Waals surface area contributed by atoms with E-state index in [1.165, 1.54) is 5.56 Å². The minimum atomic E-state index is 0.621. The van der Waals surface area contributed by atoms with Crippen molar-refractivity contribution in [3.63, 3.8) is 0 Å². The summed E-state index contributed by atoms with van der Waals surface area (Å²) in [6.07, 6.45) is 0. The molecule has 1 saturated heterocycles. The van der Waals surface area contributed by atoms with Crippen LogP contribution in [0.15, 0.2) is 53.9 Å². The predicted octanol–water partition coefficient (Wildman–Crippen LogP) is 4.54. The third kappa shape index (κ3) is 5.19. The van der Waals surface area contributed by atoms with Gasteiger partial charge in [-0.3, -0.25) is 9.80 Å². The summed E-state index contributed by atoms with van der Waals surface area (Å²) in [6, 6.07) is 16.8. The highest BCUT2D eigenvalue weighted by atomic mass is 32.1. The summed E-state index contributed by atoms with van der Waals surface area (Å²) in [7, 11) is 1.67. The zero-order valence-electron chi connectivity index (χ0n) is 17.7. The second-order valence-corrected chi connectivity index (χ2v) is 8.34. The lowest BCUT2D eigenvalue weighted by Gasteiger charge is -2.34. The highest BCUT2D eigenvalue weighted by Crippen LogP contribution is 2.34. The number of aromatic nitrogens is 1. The molecule has 1 aromatic heterocycles. The fourth-order valence-corrected chi connectivity index (χ4v) is 4.57. The fourth-order valence-electron chi connectivity index (χ4n) is 3.76. The first-order valence-corrected chi connectivity index (χ1v) is 11.4. The Hall–Kier alpha value is -2.41. The van der Waals surface area contributed by atoms with Crippen LogP contribution in [0.1, 0.15) is 18.2 Å². The summed E-state index contributed by atoms with van der Waals surface area (Å²) in [5.74, 6) is 1.52. The van der Waals surface area contributed by atoms with E-state index in [1.807, 2.05) is 19.1 Å². The van der Waals surface area contributed by atoms with E-state index >= 15 is 0 Å². The molecule has 0 unspecified atom stereocenters. The Kier molecular flexibility index (Phi) is 7.00. The van der Waals surface area contributed by atoms with Crippen molar-refractivity contribution in [3.8, 4) is 22.1 Å². The van der Waals surface area contributed by atoms with Crippen LogP contribution >= 0.6 is 11.3 Å². The van der Waals surface area contributed by atoms with E-state index in [1.54, 1.807) is 18.4 Å². The average Bonchev–Trinajstić information content (AvgIpc) is 3.25. The van der Waals surface area contributed by atoms with Gasteiger partial charge in [-0.05, 0) is 30.7 Å². The maximum absolute atomic E-state index is 5.62. The fraction of sp³-hybridized carbons (Fsp3) is 0.375. The van der Waals surface area contributed by atoms with E-state index in [9.17, 15) is 0 Å². The molecule has 1 fully saturated rings. The molecule has 0 radical (unpaired) electrons. The van der Waals surface area contributed by atoms with Crippen LogP contribution in [-0.2, 0) is 13.1 Å². The average molecular weight is 424 g/mol. The molecule has 2 heterocycles. The normalized spacial score (nSPS) is 15.3. The van der Waals surface area contributed by atoms with Gasteiger partial charge >= 0.3 is 0 Å². The van der Waals surface area contributed by atoms with Gasteiger partial charge in [-0.1, -0.05) is 30.3 Å². The molecule has 1 aliphatic heterocycles. The van der Waals surface area contributed by atoms with Crippen molar-refractivity contribution < 1.29 is 9.47 Å². The first-order valence-electron chi connectivity index (χ1n) is 10.5. The molecular formula is C24H29N3O2S. The summed E-state index contributed by atoms with van der Waals surface area (Å²) in [5, 5.41) is 3.20. The van der Waals surface area contributed by atoms with E-state index < -0.39 is 0 Å². The zero-order chi connectivity index (χ0) is 20.8. The van der Waals surface area contributed by atoms with Gasteiger partial charge in [0.1, 0.15) is 5.01 Å². The van der Waals surface area contributed by atoms with Crippen molar-refractivity contribution in [2.24, 2.45) is 0 Å². The van der Waals surface area contributed by atoms with E-state index in [-0.39, 0.29) is 0 Å². The maximum Gasteiger partial charge on any atom is 0.161 e. The van der Waals surface area contributed by atoms with Crippen molar-refractivity contribution in [1.82, 2.24) is 14.8 Å². The summed E-state index contributed by atoms with van der Waals surface area (Å²) in [6.45, 7) is 8.90. The van der Waals surface area contributed by atoms with Crippen LogP contribution in [0.5, 0.6) is 11.5 Å². The van der Waals surface area contributed by atoms with Gasteiger partial charge in [0.15, 0.2) is 11.5 Å². The van der Waals surface area contributed by atoms with E-state index in [2.05, 4.69) is 51.6 Å². The smallest absolute Gasteiger partial charge is 0.161 e. The van der Waals surface area contributed by atoms with Gasteiger partial charge in [-0.15, -0.1) is 11.3 Å². The number of thiazole rings is 1. The van der Waals surface area contributed by atoms with E-state index in [0.717, 1.165) is 67.0 Å². The Balaban J connectivity index is 1.33. The molecule has 1 aliphatic rings. The zero-order valence-corrected chi connectivity index (χ0v) is 18.5. The molecule has 0 bridgehead atoms. The Morgan fingerprint density at radius 2 is 1.67 bits per heavy atom. The predicted molar refractivity (Wildman–Crippen MR) is 122 cm³/mol. The Morgan fingerprint density at radius 1 is 0.933 bits per heavy atom. The van der Waals surface area contributed by atoms with Crippen LogP contribution in [0.4, 0.5) is 0 Å². The molecule has 30 heavy (non-hydrogen) atoms. The Bertz CT molecular complexity index is 937. The lowest BCUT2D eigenvalue weighted by Crippen LogP contribution is -2.45. The van der Waals surface area contributed by atoms with E-state index in [4.69, 9.17) is 14.5 Å². The number of ether oxygens (including phenoxy) is 2. The second kappa shape index (κ2) is 10.1. The molecular weight excluding hydrogens is 394 g/mol. The first kappa shape index (κ1) is 20.8. The Morgan fingerprint density at radius 3 is 2.37 bits per heavy atom. The van der Waals surface area contributed by atoms with Crippen molar-refractivity contribution in [2.45, 2.75) is 20.0 Å². The van der Waals surface area contributed by atoms with Gasteiger partial charge in [0.25, 0.3) is 0 Å². The molecule has 0 atom stereocenters. The number of methoxy groups -OCH3 is 1. The SMILES string of the molecule is CCOc1ccc(-c2nc(CN3CCN(Cc4ccccc4)CC3)cs2)cc1OC. The highest BCUT2D eigenvalue weighted by molar-refractivity contribution is 7.13. The molecule has 5 nitrogen and oxygen atoms in total. The van der Waals surface area contributed by atoms with Gasteiger partial charge < -0.3 is 9.47 Å². The number of hydrogen-bond donors (Lipinski definition) is 0.